The lowest BCUT2D eigenvalue weighted by atomic mass is 10.1. The van der Waals surface area contributed by atoms with E-state index in [0.29, 0.717) is 30.8 Å². The molecule has 1 rings (SSSR count). The summed E-state index contributed by atoms with van der Waals surface area (Å²) in [6, 6.07) is 0. The summed E-state index contributed by atoms with van der Waals surface area (Å²) in [6.45, 7) is 3.59. The highest BCUT2D eigenvalue weighted by Crippen LogP contribution is 2.09. The van der Waals surface area contributed by atoms with Crippen molar-refractivity contribution >= 4 is 5.97 Å². The molecule has 1 aliphatic rings. The fourth-order valence-corrected chi connectivity index (χ4v) is 1.16. The van der Waals surface area contributed by atoms with E-state index >= 15 is 0 Å². The Bertz CT molecular complexity index is 211. The van der Waals surface area contributed by atoms with Crippen LogP contribution in [0.15, 0.2) is 11.3 Å². The summed E-state index contributed by atoms with van der Waals surface area (Å²) < 4.78 is 4.85. The van der Waals surface area contributed by atoms with Gasteiger partial charge in [-0.15, -0.1) is 0 Å². The lowest BCUT2D eigenvalue weighted by Gasteiger charge is -2.16. The van der Waals surface area contributed by atoms with Crippen LogP contribution >= 0.6 is 0 Å². The van der Waals surface area contributed by atoms with Gasteiger partial charge in [-0.1, -0.05) is 0 Å². The third kappa shape index (κ3) is 1.98. The monoisotopic (exact) mass is 170 g/mol. The molecule has 0 aromatic heterocycles. The van der Waals surface area contributed by atoms with Gasteiger partial charge in [0, 0.05) is 12.2 Å². The molecule has 0 fully saturated rings. The first-order valence-electron chi connectivity index (χ1n) is 4.11. The van der Waals surface area contributed by atoms with Crippen LogP contribution in [-0.4, -0.2) is 25.7 Å². The minimum atomic E-state index is -0.267. The Balaban J connectivity index is 2.64. The number of hydrogen-bond donors (Lipinski definition) is 2. The summed E-state index contributed by atoms with van der Waals surface area (Å²) in [5, 5.41) is 3.07. The molecule has 0 saturated carbocycles. The Kier molecular flexibility index (Phi) is 3.10. The first-order valence-corrected chi connectivity index (χ1v) is 4.11. The molecule has 0 radical (unpaired) electrons. The first-order chi connectivity index (χ1) is 5.75. The van der Waals surface area contributed by atoms with Gasteiger partial charge in [0.15, 0.2) is 0 Å². The number of nitrogens with two attached hydrogens (primary N) is 1. The van der Waals surface area contributed by atoms with Crippen molar-refractivity contribution in [1.29, 1.82) is 0 Å². The molecule has 0 aliphatic carbocycles. The minimum Gasteiger partial charge on any atom is -0.463 e. The summed E-state index contributed by atoms with van der Waals surface area (Å²) in [4.78, 5) is 11.2. The molecule has 1 aliphatic heterocycles. The fraction of sp³-hybridized carbons (Fsp3) is 0.625. The molecule has 12 heavy (non-hydrogen) atoms. The zero-order valence-electron chi connectivity index (χ0n) is 7.22. The van der Waals surface area contributed by atoms with Crippen LogP contribution in [0.4, 0.5) is 0 Å². The number of rotatable bonds is 2. The van der Waals surface area contributed by atoms with Gasteiger partial charge in [0.1, 0.15) is 0 Å². The van der Waals surface area contributed by atoms with Gasteiger partial charge in [-0.2, -0.15) is 0 Å². The molecule has 0 bridgehead atoms. The third-order valence-electron chi connectivity index (χ3n) is 1.78. The lowest BCUT2D eigenvalue weighted by Crippen LogP contribution is -2.31. The maximum atomic E-state index is 11.2. The van der Waals surface area contributed by atoms with E-state index in [4.69, 9.17) is 10.5 Å². The second-order valence-corrected chi connectivity index (χ2v) is 2.65. The number of nitrogens with one attached hydrogen (secondary N) is 1. The highest BCUT2D eigenvalue weighted by Gasteiger charge is 2.17. The molecular formula is C8H14N2O2. The molecule has 0 amide bonds. The molecule has 3 N–H and O–H groups in total. The van der Waals surface area contributed by atoms with E-state index in [2.05, 4.69) is 5.32 Å². The van der Waals surface area contributed by atoms with E-state index in [9.17, 15) is 4.79 Å². The molecule has 0 saturated heterocycles. The van der Waals surface area contributed by atoms with Gasteiger partial charge in [0.05, 0.1) is 12.2 Å². The summed E-state index contributed by atoms with van der Waals surface area (Å²) in [5.74, 6) is -0.267. The predicted molar refractivity (Wildman–Crippen MR) is 45.3 cm³/mol. The number of ether oxygens (including phenoxy) is 1. The molecule has 0 aromatic carbocycles. The van der Waals surface area contributed by atoms with E-state index in [1.165, 1.54) is 0 Å². The van der Waals surface area contributed by atoms with Gasteiger partial charge in [0.2, 0.25) is 0 Å². The normalized spacial score (nSPS) is 17.8. The van der Waals surface area contributed by atoms with Gasteiger partial charge in [-0.05, 0) is 19.9 Å². The molecular weight excluding hydrogens is 156 g/mol. The van der Waals surface area contributed by atoms with Crippen molar-refractivity contribution in [2.75, 3.05) is 19.7 Å². The summed E-state index contributed by atoms with van der Waals surface area (Å²) in [6.07, 6.45) is 0.671. The number of carbonyl (C=O) groups excluding carboxylic acids is 1. The zero-order chi connectivity index (χ0) is 8.97. The van der Waals surface area contributed by atoms with Gasteiger partial charge in [-0.3, -0.25) is 0 Å². The van der Waals surface area contributed by atoms with Crippen LogP contribution < -0.4 is 11.1 Å². The Hall–Kier alpha value is -1.03. The highest BCUT2D eigenvalue weighted by atomic mass is 16.5. The van der Waals surface area contributed by atoms with Crippen LogP contribution in [0.25, 0.3) is 0 Å². The summed E-state index contributed by atoms with van der Waals surface area (Å²) in [5.41, 5.74) is 6.87. The third-order valence-corrected chi connectivity index (χ3v) is 1.78. The number of hydrogen-bond acceptors (Lipinski definition) is 4. The second kappa shape index (κ2) is 4.11. The molecule has 0 aromatic rings. The molecule has 4 heteroatoms. The Morgan fingerprint density at radius 3 is 3.08 bits per heavy atom. The average Bonchev–Trinajstić information content (AvgIpc) is 2.05. The second-order valence-electron chi connectivity index (χ2n) is 2.65. The highest BCUT2D eigenvalue weighted by molar-refractivity contribution is 5.89. The SMILES string of the molecule is CCOC(=O)C1=C(N)CNCC1. The Labute approximate surface area is 71.8 Å². The summed E-state index contributed by atoms with van der Waals surface area (Å²) >= 11 is 0. The van der Waals surface area contributed by atoms with E-state index in [-0.39, 0.29) is 5.97 Å². The predicted octanol–water partition coefficient (Wildman–Crippen LogP) is -0.244. The lowest BCUT2D eigenvalue weighted by molar-refractivity contribution is -0.138. The maximum Gasteiger partial charge on any atom is 0.335 e. The Morgan fingerprint density at radius 2 is 2.50 bits per heavy atom. The topological polar surface area (TPSA) is 64.3 Å². The zero-order valence-corrected chi connectivity index (χ0v) is 7.22. The van der Waals surface area contributed by atoms with E-state index in [1.807, 2.05) is 0 Å². The van der Waals surface area contributed by atoms with Crippen molar-refractivity contribution in [3.8, 4) is 0 Å². The number of esters is 1. The van der Waals surface area contributed by atoms with Crippen LogP contribution in [0, 0.1) is 0 Å². The molecule has 68 valence electrons. The van der Waals surface area contributed by atoms with Crippen molar-refractivity contribution in [2.45, 2.75) is 13.3 Å². The van der Waals surface area contributed by atoms with Crippen molar-refractivity contribution in [3.05, 3.63) is 11.3 Å². The smallest absolute Gasteiger partial charge is 0.335 e. The molecule has 0 spiro atoms. The van der Waals surface area contributed by atoms with Crippen LogP contribution in [0.1, 0.15) is 13.3 Å². The summed E-state index contributed by atoms with van der Waals surface area (Å²) in [7, 11) is 0. The van der Waals surface area contributed by atoms with Gasteiger partial charge in [0.25, 0.3) is 0 Å². The van der Waals surface area contributed by atoms with Crippen LogP contribution in [0.2, 0.25) is 0 Å². The minimum absolute atomic E-state index is 0.267. The van der Waals surface area contributed by atoms with E-state index in [0.717, 1.165) is 6.54 Å². The fourth-order valence-electron chi connectivity index (χ4n) is 1.16. The Morgan fingerprint density at radius 1 is 1.75 bits per heavy atom. The average molecular weight is 170 g/mol. The quantitative estimate of drug-likeness (QED) is 0.561. The molecule has 0 atom stereocenters. The van der Waals surface area contributed by atoms with Crippen molar-refractivity contribution in [2.24, 2.45) is 5.73 Å². The maximum absolute atomic E-state index is 11.2. The van der Waals surface area contributed by atoms with E-state index in [1.54, 1.807) is 6.92 Å². The van der Waals surface area contributed by atoms with Crippen molar-refractivity contribution in [1.82, 2.24) is 5.32 Å². The van der Waals surface area contributed by atoms with Gasteiger partial charge < -0.3 is 15.8 Å². The largest absolute Gasteiger partial charge is 0.463 e. The van der Waals surface area contributed by atoms with Gasteiger partial charge >= 0.3 is 5.97 Å². The van der Waals surface area contributed by atoms with Crippen molar-refractivity contribution in [3.63, 3.8) is 0 Å². The van der Waals surface area contributed by atoms with E-state index < -0.39 is 0 Å². The van der Waals surface area contributed by atoms with Crippen molar-refractivity contribution < 1.29 is 9.53 Å². The van der Waals surface area contributed by atoms with Gasteiger partial charge in [-0.25, -0.2) is 4.79 Å². The molecule has 1 heterocycles. The standard InChI is InChI=1S/C8H14N2O2/c1-2-12-8(11)6-3-4-10-5-7(6)9/h10H,2-5,9H2,1H3. The van der Waals surface area contributed by atoms with Crippen LogP contribution in [0.5, 0.6) is 0 Å². The first kappa shape index (κ1) is 9.06. The molecule has 4 nitrogen and oxygen atoms in total. The van der Waals surface area contributed by atoms with Crippen LogP contribution in [-0.2, 0) is 9.53 Å². The van der Waals surface area contributed by atoms with Crippen LogP contribution in [0.3, 0.4) is 0 Å². The molecule has 0 unspecified atom stereocenters. The number of carbonyl (C=O) groups is 1.